The molecule has 84 valence electrons. The van der Waals surface area contributed by atoms with Crippen molar-refractivity contribution in [3.8, 4) is 0 Å². The fourth-order valence-corrected chi connectivity index (χ4v) is 1.41. The first-order valence-corrected chi connectivity index (χ1v) is 4.76. The number of rotatable bonds is 1. The Bertz CT molecular complexity index is 336. The van der Waals surface area contributed by atoms with Crippen LogP contribution in [0.15, 0.2) is 11.6 Å². The van der Waals surface area contributed by atoms with Gasteiger partial charge in [-0.3, -0.25) is 0 Å². The van der Waals surface area contributed by atoms with Crippen LogP contribution in [0.5, 0.6) is 0 Å². The molecule has 1 aliphatic heterocycles. The SMILES string of the molecule is COC(=O)/C=C1/C(=O)OC(C)(C)C1(C)C. The second-order valence-corrected chi connectivity index (χ2v) is 4.61. The topological polar surface area (TPSA) is 52.6 Å². The van der Waals surface area contributed by atoms with E-state index < -0.39 is 23.0 Å². The lowest BCUT2D eigenvalue weighted by Gasteiger charge is -2.31. The van der Waals surface area contributed by atoms with E-state index in [9.17, 15) is 9.59 Å². The maximum atomic E-state index is 11.6. The quantitative estimate of drug-likeness (QED) is 0.487. The van der Waals surface area contributed by atoms with Crippen LogP contribution in [0.2, 0.25) is 0 Å². The Balaban J connectivity index is 3.15. The van der Waals surface area contributed by atoms with Crippen LogP contribution in [-0.2, 0) is 19.1 Å². The third-order valence-electron chi connectivity index (χ3n) is 3.21. The molecule has 0 aromatic carbocycles. The van der Waals surface area contributed by atoms with Crippen LogP contribution >= 0.6 is 0 Å². The van der Waals surface area contributed by atoms with Crippen molar-refractivity contribution in [2.45, 2.75) is 33.3 Å². The van der Waals surface area contributed by atoms with E-state index in [0.717, 1.165) is 0 Å². The van der Waals surface area contributed by atoms with Crippen LogP contribution in [-0.4, -0.2) is 24.6 Å². The molecular formula is C11H16O4. The first-order valence-electron chi connectivity index (χ1n) is 4.76. The normalized spacial score (nSPS) is 25.1. The molecule has 0 amide bonds. The van der Waals surface area contributed by atoms with Crippen molar-refractivity contribution in [1.29, 1.82) is 0 Å². The van der Waals surface area contributed by atoms with Crippen molar-refractivity contribution in [1.82, 2.24) is 0 Å². The van der Waals surface area contributed by atoms with Crippen LogP contribution in [0.25, 0.3) is 0 Å². The lowest BCUT2D eigenvalue weighted by molar-refractivity contribution is -0.146. The highest BCUT2D eigenvalue weighted by atomic mass is 16.6. The molecule has 0 saturated carbocycles. The van der Waals surface area contributed by atoms with E-state index in [1.54, 1.807) is 0 Å². The van der Waals surface area contributed by atoms with Crippen molar-refractivity contribution in [2.75, 3.05) is 7.11 Å². The number of methoxy groups -OCH3 is 1. The van der Waals surface area contributed by atoms with Gasteiger partial charge in [0.1, 0.15) is 5.60 Å². The summed E-state index contributed by atoms with van der Waals surface area (Å²) < 4.78 is 9.71. The zero-order valence-electron chi connectivity index (χ0n) is 9.71. The Morgan fingerprint density at radius 3 is 2.20 bits per heavy atom. The van der Waals surface area contributed by atoms with Gasteiger partial charge in [-0.2, -0.15) is 0 Å². The molecule has 0 aliphatic carbocycles. The van der Waals surface area contributed by atoms with Gasteiger partial charge in [0, 0.05) is 11.5 Å². The molecule has 0 radical (unpaired) electrons. The number of carbonyl (C=O) groups is 2. The highest BCUT2D eigenvalue weighted by Gasteiger charge is 2.52. The summed E-state index contributed by atoms with van der Waals surface area (Å²) in [6, 6.07) is 0. The molecule has 0 spiro atoms. The van der Waals surface area contributed by atoms with Gasteiger partial charge in [0.2, 0.25) is 0 Å². The molecule has 1 fully saturated rings. The molecule has 0 bridgehead atoms. The number of ether oxygens (including phenoxy) is 2. The Kier molecular flexibility index (Phi) is 2.63. The zero-order chi connectivity index (χ0) is 11.9. The minimum Gasteiger partial charge on any atom is -0.466 e. The number of carbonyl (C=O) groups excluding carboxylic acids is 2. The van der Waals surface area contributed by atoms with Crippen LogP contribution < -0.4 is 0 Å². The van der Waals surface area contributed by atoms with E-state index in [1.165, 1.54) is 13.2 Å². The summed E-state index contributed by atoms with van der Waals surface area (Å²) in [6.45, 7) is 7.38. The predicted octanol–water partition coefficient (Wildman–Crippen LogP) is 1.45. The Labute approximate surface area is 89.2 Å². The number of cyclic esters (lactones) is 1. The summed E-state index contributed by atoms with van der Waals surface area (Å²) >= 11 is 0. The van der Waals surface area contributed by atoms with Gasteiger partial charge < -0.3 is 9.47 Å². The van der Waals surface area contributed by atoms with Crippen molar-refractivity contribution in [3.05, 3.63) is 11.6 Å². The first kappa shape index (κ1) is 11.8. The average molecular weight is 212 g/mol. The summed E-state index contributed by atoms with van der Waals surface area (Å²) in [5.74, 6) is -0.983. The zero-order valence-corrected chi connectivity index (χ0v) is 9.71. The Morgan fingerprint density at radius 2 is 1.87 bits per heavy atom. The van der Waals surface area contributed by atoms with Crippen molar-refractivity contribution < 1.29 is 19.1 Å². The predicted molar refractivity (Wildman–Crippen MR) is 54.1 cm³/mol. The maximum absolute atomic E-state index is 11.6. The van der Waals surface area contributed by atoms with Gasteiger partial charge in [0.05, 0.1) is 12.7 Å². The van der Waals surface area contributed by atoms with Crippen molar-refractivity contribution in [3.63, 3.8) is 0 Å². The van der Waals surface area contributed by atoms with Gasteiger partial charge in [0.25, 0.3) is 0 Å². The first-order chi connectivity index (χ1) is 6.72. The molecule has 1 rings (SSSR count). The van der Waals surface area contributed by atoms with E-state index in [1.807, 2.05) is 27.7 Å². The van der Waals surface area contributed by atoms with Gasteiger partial charge in [0.15, 0.2) is 0 Å². The lowest BCUT2D eigenvalue weighted by Crippen LogP contribution is -2.35. The third-order valence-corrected chi connectivity index (χ3v) is 3.21. The molecular weight excluding hydrogens is 196 g/mol. The van der Waals surface area contributed by atoms with E-state index in [4.69, 9.17) is 4.74 Å². The molecule has 1 heterocycles. The highest BCUT2D eigenvalue weighted by Crippen LogP contribution is 2.46. The summed E-state index contributed by atoms with van der Waals surface area (Å²) in [5, 5.41) is 0. The molecule has 0 unspecified atom stereocenters. The molecule has 1 saturated heterocycles. The summed E-state index contributed by atoms with van der Waals surface area (Å²) in [5.41, 5.74) is -0.748. The monoisotopic (exact) mass is 212 g/mol. The Hall–Kier alpha value is -1.32. The van der Waals surface area contributed by atoms with Crippen molar-refractivity contribution >= 4 is 11.9 Å². The molecule has 0 atom stereocenters. The van der Waals surface area contributed by atoms with Gasteiger partial charge in [-0.1, -0.05) is 13.8 Å². The second-order valence-electron chi connectivity index (χ2n) is 4.61. The van der Waals surface area contributed by atoms with Crippen LogP contribution in [0.1, 0.15) is 27.7 Å². The highest BCUT2D eigenvalue weighted by molar-refractivity contribution is 5.99. The summed E-state index contributed by atoms with van der Waals surface area (Å²) in [6.07, 6.45) is 1.21. The largest absolute Gasteiger partial charge is 0.466 e. The number of hydrogen-bond acceptors (Lipinski definition) is 4. The fourth-order valence-electron chi connectivity index (χ4n) is 1.41. The van der Waals surface area contributed by atoms with Gasteiger partial charge in [-0.15, -0.1) is 0 Å². The van der Waals surface area contributed by atoms with Crippen LogP contribution in [0.4, 0.5) is 0 Å². The van der Waals surface area contributed by atoms with E-state index in [0.29, 0.717) is 5.57 Å². The number of esters is 2. The summed E-state index contributed by atoms with van der Waals surface area (Å²) in [4.78, 5) is 22.7. The van der Waals surface area contributed by atoms with Crippen LogP contribution in [0, 0.1) is 5.41 Å². The van der Waals surface area contributed by atoms with E-state index in [2.05, 4.69) is 4.74 Å². The Morgan fingerprint density at radius 1 is 1.33 bits per heavy atom. The second kappa shape index (κ2) is 3.36. The smallest absolute Gasteiger partial charge is 0.335 e. The van der Waals surface area contributed by atoms with Crippen LogP contribution in [0.3, 0.4) is 0 Å². The molecule has 0 aromatic rings. The van der Waals surface area contributed by atoms with E-state index >= 15 is 0 Å². The molecule has 4 heteroatoms. The van der Waals surface area contributed by atoms with Gasteiger partial charge in [-0.25, -0.2) is 9.59 Å². The minimum atomic E-state index is -0.607. The van der Waals surface area contributed by atoms with Gasteiger partial charge >= 0.3 is 11.9 Å². The summed E-state index contributed by atoms with van der Waals surface area (Å²) in [7, 11) is 1.28. The average Bonchev–Trinajstić information content (AvgIpc) is 2.24. The van der Waals surface area contributed by atoms with E-state index in [-0.39, 0.29) is 0 Å². The minimum absolute atomic E-state index is 0.361. The molecule has 0 N–H and O–H groups in total. The standard InChI is InChI=1S/C11H16O4/c1-10(2)7(6-8(12)14-5)9(13)15-11(10,3)4/h6H,1-5H3/b7-6-. The molecule has 4 nitrogen and oxygen atoms in total. The molecule has 15 heavy (non-hydrogen) atoms. The lowest BCUT2D eigenvalue weighted by atomic mass is 9.74. The maximum Gasteiger partial charge on any atom is 0.335 e. The van der Waals surface area contributed by atoms with Gasteiger partial charge in [-0.05, 0) is 13.8 Å². The number of hydrogen-bond donors (Lipinski definition) is 0. The molecule has 0 aromatic heterocycles. The fraction of sp³-hybridized carbons (Fsp3) is 0.636. The van der Waals surface area contributed by atoms with Crippen molar-refractivity contribution in [2.24, 2.45) is 5.41 Å². The third kappa shape index (κ3) is 1.76. The molecule has 1 aliphatic rings.